The summed E-state index contributed by atoms with van der Waals surface area (Å²) in [7, 11) is 0. The maximum absolute atomic E-state index is 13.1. The highest BCUT2D eigenvalue weighted by atomic mass is 35.5. The number of nitrogens with zero attached hydrogens (tertiary/aromatic N) is 1. The van der Waals surface area contributed by atoms with E-state index in [1.165, 1.54) is 0 Å². The van der Waals surface area contributed by atoms with E-state index in [2.05, 4.69) is 5.32 Å². The van der Waals surface area contributed by atoms with Gasteiger partial charge in [-0.05, 0) is 17.7 Å². The molecule has 0 unspecified atom stereocenters. The Bertz CT molecular complexity index is 394. The predicted molar refractivity (Wildman–Crippen MR) is 74.0 cm³/mol. The van der Waals surface area contributed by atoms with Gasteiger partial charge in [0.1, 0.15) is 11.6 Å². The summed E-state index contributed by atoms with van der Waals surface area (Å²) < 4.78 is 52.5. The number of nitrogens with one attached hydrogen (secondary N) is 1. The van der Waals surface area contributed by atoms with Crippen LogP contribution in [0.5, 0.6) is 0 Å². The molecule has 0 spiro atoms. The molecule has 20 heavy (non-hydrogen) atoms. The Morgan fingerprint density at radius 3 is 1.90 bits per heavy atom. The van der Waals surface area contributed by atoms with Gasteiger partial charge in [-0.2, -0.15) is 0 Å². The van der Waals surface area contributed by atoms with Gasteiger partial charge >= 0.3 is 0 Å². The molecule has 1 aromatic rings. The molecule has 0 amide bonds. The van der Waals surface area contributed by atoms with Gasteiger partial charge in [0.15, 0.2) is 0 Å². The van der Waals surface area contributed by atoms with Crippen molar-refractivity contribution in [3.8, 4) is 0 Å². The lowest BCUT2D eigenvalue weighted by atomic mass is 10.0. The third-order valence-corrected chi connectivity index (χ3v) is 3.01. The second-order valence-corrected chi connectivity index (χ2v) is 4.27. The Morgan fingerprint density at radius 2 is 1.45 bits per heavy atom. The van der Waals surface area contributed by atoms with Gasteiger partial charge in [-0.1, -0.05) is 0 Å². The van der Waals surface area contributed by atoms with Gasteiger partial charge in [-0.3, -0.25) is 4.90 Å². The number of benzene rings is 1. The van der Waals surface area contributed by atoms with Gasteiger partial charge in [0.05, 0.1) is 6.04 Å². The first-order valence-corrected chi connectivity index (χ1v) is 5.77. The van der Waals surface area contributed by atoms with Crippen molar-refractivity contribution in [2.75, 3.05) is 26.2 Å². The van der Waals surface area contributed by atoms with E-state index >= 15 is 0 Å². The lowest BCUT2D eigenvalue weighted by molar-refractivity contribution is 0.0179. The molecule has 0 saturated carbocycles. The molecule has 0 aromatic heterocycles. The van der Waals surface area contributed by atoms with Crippen LogP contribution in [0.1, 0.15) is 11.6 Å². The van der Waals surface area contributed by atoms with Crippen LogP contribution in [0.2, 0.25) is 0 Å². The van der Waals surface area contributed by atoms with Crippen molar-refractivity contribution >= 4 is 24.8 Å². The minimum Gasteiger partial charge on any atom is -0.314 e. The van der Waals surface area contributed by atoms with Gasteiger partial charge in [0.25, 0.3) is 6.43 Å². The lowest BCUT2D eigenvalue weighted by Crippen LogP contribution is -2.46. The zero-order valence-corrected chi connectivity index (χ0v) is 12.1. The Kier molecular flexibility index (Phi) is 8.42. The second kappa shape index (κ2) is 8.67. The summed E-state index contributed by atoms with van der Waals surface area (Å²) in [5.74, 6) is -1.66. The van der Waals surface area contributed by atoms with Crippen LogP contribution >= 0.6 is 24.8 Å². The second-order valence-electron chi connectivity index (χ2n) is 4.27. The quantitative estimate of drug-likeness (QED) is 0.855. The van der Waals surface area contributed by atoms with Crippen LogP contribution in [-0.2, 0) is 0 Å². The van der Waals surface area contributed by atoms with Crippen LogP contribution in [0.15, 0.2) is 18.2 Å². The first-order valence-electron chi connectivity index (χ1n) is 5.77. The molecule has 8 heteroatoms. The summed E-state index contributed by atoms with van der Waals surface area (Å²) in [4.78, 5) is 1.55. The number of halogens is 6. The third-order valence-electron chi connectivity index (χ3n) is 3.01. The van der Waals surface area contributed by atoms with Gasteiger partial charge in [0, 0.05) is 32.2 Å². The minimum absolute atomic E-state index is 0. The summed E-state index contributed by atoms with van der Waals surface area (Å²) in [6.07, 6.45) is -2.68. The van der Waals surface area contributed by atoms with Crippen LogP contribution in [0.4, 0.5) is 17.6 Å². The van der Waals surface area contributed by atoms with Crippen LogP contribution in [0.3, 0.4) is 0 Å². The Balaban J connectivity index is 0.00000180. The number of hydrogen-bond donors (Lipinski definition) is 1. The molecule has 0 aliphatic carbocycles. The lowest BCUT2D eigenvalue weighted by Gasteiger charge is -2.34. The summed E-state index contributed by atoms with van der Waals surface area (Å²) in [6.45, 7) is 2.07. The monoisotopic (exact) mass is 334 g/mol. The Labute approximate surface area is 127 Å². The molecule has 0 bridgehead atoms. The maximum Gasteiger partial charge on any atom is 0.258 e. The molecule has 1 aliphatic heterocycles. The molecule has 1 aliphatic rings. The molecule has 1 saturated heterocycles. The SMILES string of the molecule is Cl.Cl.Fc1cc(F)cc([C@H](C(F)F)N2CCNCC2)c1. The van der Waals surface area contributed by atoms with Crippen LogP contribution in [0, 0.1) is 11.6 Å². The average Bonchev–Trinajstić information content (AvgIpc) is 2.28. The molecular weight excluding hydrogens is 319 g/mol. The van der Waals surface area contributed by atoms with Crippen molar-refractivity contribution in [1.29, 1.82) is 0 Å². The fourth-order valence-corrected chi connectivity index (χ4v) is 2.22. The summed E-state index contributed by atoms with van der Waals surface area (Å²) in [5, 5.41) is 3.05. The van der Waals surface area contributed by atoms with Crippen LogP contribution in [-0.4, -0.2) is 37.5 Å². The fourth-order valence-electron chi connectivity index (χ4n) is 2.22. The average molecular weight is 335 g/mol. The van der Waals surface area contributed by atoms with E-state index in [9.17, 15) is 17.6 Å². The van der Waals surface area contributed by atoms with Crippen molar-refractivity contribution < 1.29 is 17.6 Å². The topological polar surface area (TPSA) is 15.3 Å². The molecule has 2 rings (SSSR count). The molecule has 1 fully saturated rings. The third kappa shape index (κ3) is 4.77. The van der Waals surface area contributed by atoms with Crippen LogP contribution < -0.4 is 5.32 Å². The summed E-state index contributed by atoms with van der Waals surface area (Å²) >= 11 is 0. The maximum atomic E-state index is 13.1. The molecule has 1 N–H and O–H groups in total. The van der Waals surface area contributed by atoms with E-state index in [4.69, 9.17) is 0 Å². The molecular formula is C12H16Cl2F4N2. The minimum atomic E-state index is -2.68. The molecule has 1 heterocycles. The van der Waals surface area contributed by atoms with Gasteiger partial charge in [0.2, 0.25) is 0 Å². The van der Waals surface area contributed by atoms with E-state index in [1.54, 1.807) is 4.90 Å². The summed E-state index contributed by atoms with van der Waals surface area (Å²) in [5.41, 5.74) is -0.00981. The largest absolute Gasteiger partial charge is 0.314 e. The van der Waals surface area contributed by atoms with E-state index in [0.29, 0.717) is 32.2 Å². The zero-order valence-electron chi connectivity index (χ0n) is 10.5. The van der Waals surface area contributed by atoms with E-state index in [-0.39, 0.29) is 30.4 Å². The van der Waals surface area contributed by atoms with Gasteiger partial charge < -0.3 is 5.32 Å². The number of alkyl halides is 2. The molecule has 116 valence electrons. The first kappa shape index (κ1) is 19.4. The number of hydrogen-bond acceptors (Lipinski definition) is 2. The van der Waals surface area contributed by atoms with E-state index in [0.717, 1.165) is 12.1 Å². The molecule has 1 atom stereocenters. The smallest absolute Gasteiger partial charge is 0.258 e. The zero-order chi connectivity index (χ0) is 13.1. The van der Waals surface area contributed by atoms with Crippen LogP contribution in [0.25, 0.3) is 0 Å². The van der Waals surface area contributed by atoms with Crippen molar-refractivity contribution in [3.05, 3.63) is 35.4 Å². The summed E-state index contributed by atoms with van der Waals surface area (Å²) in [6, 6.07) is 1.38. The molecule has 1 aromatic carbocycles. The van der Waals surface area contributed by atoms with E-state index in [1.807, 2.05) is 0 Å². The van der Waals surface area contributed by atoms with Gasteiger partial charge in [-0.15, -0.1) is 24.8 Å². The highest BCUT2D eigenvalue weighted by molar-refractivity contribution is 5.85. The molecule has 0 radical (unpaired) electrons. The highest BCUT2D eigenvalue weighted by Gasteiger charge is 2.30. The normalized spacial score (nSPS) is 17.2. The van der Waals surface area contributed by atoms with Gasteiger partial charge in [-0.25, -0.2) is 17.6 Å². The van der Waals surface area contributed by atoms with E-state index < -0.39 is 24.1 Å². The first-order chi connectivity index (χ1) is 8.58. The van der Waals surface area contributed by atoms with Crippen molar-refractivity contribution in [2.24, 2.45) is 0 Å². The fraction of sp³-hybridized carbons (Fsp3) is 0.500. The standard InChI is InChI=1S/C12H14F4N2.2ClH/c13-9-5-8(6-10(14)7-9)11(12(15)16)18-3-1-17-2-4-18;;/h5-7,11-12,17H,1-4H2;2*1H/t11-;;/m1../s1. The number of piperazine rings is 1. The van der Waals surface area contributed by atoms with Crippen molar-refractivity contribution in [1.82, 2.24) is 10.2 Å². The Morgan fingerprint density at radius 1 is 0.950 bits per heavy atom. The number of rotatable bonds is 3. The predicted octanol–water partition coefficient (Wildman–Crippen LogP) is 3.02. The highest BCUT2D eigenvalue weighted by Crippen LogP contribution is 2.28. The Hall–Kier alpha value is -0.560. The van der Waals surface area contributed by atoms with Crippen molar-refractivity contribution in [2.45, 2.75) is 12.5 Å². The van der Waals surface area contributed by atoms with Crippen molar-refractivity contribution in [3.63, 3.8) is 0 Å². The molecule has 2 nitrogen and oxygen atoms in total.